The molecule has 11 nitrogen and oxygen atoms in total. The maximum atomic E-state index is 12.8. The summed E-state index contributed by atoms with van der Waals surface area (Å²) in [5.41, 5.74) is 0. The van der Waals surface area contributed by atoms with Crippen LogP contribution < -0.4 is 0 Å². The second kappa shape index (κ2) is 39.0. The van der Waals surface area contributed by atoms with Crippen LogP contribution in [0.5, 0.6) is 0 Å². The lowest BCUT2D eigenvalue weighted by atomic mass is 9.99. The van der Waals surface area contributed by atoms with Gasteiger partial charge < -0.3 is 39.4 Å². The summed E-state index contributed by atoms with van der Waals surface area (Å²) in [4.78, 5) is 36.8. The number of esters is 2. The van der Waals surface area contributed by atoms with E-state index in [1.54, 1.807) is 0 Å². The van der Waals surface area contributed by atoms with Crippen molar-refractivity contribution in [2.75, 3.05) is 13.2 Å². The minimum Gasteiger partial charge on any atom is -0.479 e. The summed E-state index contributed by atoms with van der Waals surface area (Å²) in [6.07, 6.45) is 37.4. The highest BCUT2D eigenvalue weighted by Gasteiger charge is 2.47. The summed E-state index contributed by atoms with van der Waals surface area (Å²) >= 11 is 0. The third-order valence-corrected chi connectivity index (χ3v) is 10.7. The van der Waals surface area contributed by atoms with Crippen LogP contribution >= 0.6 is 0 Å². The number of carboxylic acid groups (broad SMARTS) is 1. The van der Waals surface area contributed by atoms with Crippen LogP contribution in [0.1, 0.15) is 194 Å². The molecule has 0 amide bonds. The molecule has 0 radical (unpaired) electrons. The normalized spacial score (nSPS) is 20.2. The largest absolute Gasteiger partial charge is 0.479 e. The van der Waals surface area contributed by atoms with Crippen molar-refractivity contribution in [1.29, 1.82) is 0 Å². The molecule has 1 fully saturated rings. The maximum absolute atomic E-state index is 12.8. The molecule has 1 heterocycles. The maximum Gasteiger partial charge on any atom is 0.335 e. The molecule has 0 aliphatic carbocycles. The van der Waals surface area contributed by atoms with Crippen LogP contribution in [0.4, 0.5) is 0 Å². The van der Waals surface area contributed by atoms with Crippen molar-refractivity contribution in [3.63, 3.8) is 0 Å². The lowest BCUT2D eigenvalue weighted by Crippen LogP contribution is -2.60. The lowest BCUT2D eigenvalue weighted by molar-refractivity contribution is -0.298. The molecule has 346 valence electrons. The van der Waals surface area contributed by atoms with Gasteiger partial charge in [-0.3, -0.25) is 9.59 Å². The first-order chi connectivity index (χ1) is 29.2. The second-order valence-corrected chi connectivity index (χ2v) is 16.2. The van der Waals surface area contributed by atoms with Crippen LogP contribution in [0.25, 0.3) is 0 Å². The Bertz CT molecular complexity index is 1180. The van der Waals surface area contributed by atoms with Crippen LogP contribution in [0.15, 0.2) is 48.6 Å². The van der Waals surface area contributed by atoms with Crippen LogP contribution in [0.3, 0.4) is 0 Å². The highest BCUT2D eigenvalue weighted by molar-refractivity contribution is 5.73. The summed E-state index contributed by atoms with van der Waals surface area (Å²) < 4.78 is 21.7. The van der Waals surface area contributed by atoms with Gasteiger partial charge in [-0.1, -0.05) is 159 Å². The van der Waals surface area contributed by atoms with E-state index in [4.69, 9.17) is 18.9 Å². The van der Waals surface area contributed by atoms with Gasteiger partial charge in [-0.2, -0.15) is 0 Å². The first-order valence-electron chi connectivity index (χ1n) is 23.7. The molecule has 6 atom stereocenters. The lowest BCUT2D eigenvalue weighted by Gasteiger charge is -2.38. The zero-order valence-electron chi connectivity index (χ0n) is 37.4. The molecule has 4 N–H and O–H groups in total. The van der Waals surface area contributed by atoms with Gasteiger partial charge in [0.05, 0.1) is 6.61 Å². The van der Waals surface area contributed by atoms with Crippen molar-refractivity contribution in [3.8, 4) is 0 Å². The third-order valence-electron chi connectivity index (χ3n) is 10.7. The van der Waals surface area contributed by atoms with Crippen molar-refractivity contribution in [1.82, 2.24) is 0 Å². The van der Waals surface area contributed by atoms with Crippen molar-refractivity contribution in [2.24, 2.45) is 0 Å². The Balaban J connectivity index is 2.33. The van der Waals surface area contributed by atoms with Crippen LogP contribution in [0.2, 0.25) is 0 Å². The average molecular weight is 849 g/mol. The Kier molecular flexibility index (Phi) is 35.9. The Morgan fingerprint density at radius 3 is 1.52 bits per heavy atom. The van der Waals surface area contributed by atoms with Gasteiger partial charge in [-0.15, -0.1) is 0 Å². The van der Waals surface area contributed by atoms with E-state index in [0.29, 0.717) is 12.8 Å². The Morgan fingerprint density at radius 1 is 0.533 bits per heavy atom. The molecule has 6 unspecified atom stereocenters. The minimum absolute atomic E-state index is 0.173. The monoisotopic (exact) mass is 849 g/mol. The fourth-order valence-electron chi connectivity index (χ4n) is 6.95. The predicted octanol–water partition coefficient (Wildman–Crippen LogP) is 10.5. The molecule has 0 spiro atoms. The summed E-state index contributed by atoms with van der Waals surface area (Å²) in [5.74, 6) is -2.48. The number of carbonyl (C=O) groups excluding carboxylic acids is 2. The number of aliphatic hydroxyl groups is 3. The summed E-state index contributed by atoms with van der Waals surface area (Å²) in [6, 6.07) is 0. The smallest absolute Gasteiger partial charge is 0.335 e. The number of hydrogen-bond acceptors (Lipinski definition) is 10. The van der Waals surface area contributed by atoms with Crippen LogP contribution in [0, 0.1) is 0 Å². The van der Waals surface area contributed by atoms with E-state index < -0.39 is 61.3 Å². The fourth-order valence-corrected chi connectivity index (χ4v) is 6.95. The highest BCUT2D eigenvalue weighted by Crippen LogP contribution is 2.23. The van der Waals surface area contributed by atoms with Gasteiger partial charge in [0.25, 0.3) is 0 Å². The molecule has 1 aliphatic heterocycles. The number of ether oxygens (including phenoxy) is 4. The summed E-state index contributed by atoms with van der Waals surface area (Å²) in [7, 11) is 0. The third kappa shape index (κ3) is 30.2. The molecule has 0 bridgehead atoms. The Hall–Kier alpha value is -2.83. The summed E-state index contributed by atoms with van der Waals surface area (Å²) in [5, 5.41) is 39.8. The number of hydrogen-bond donors (Lipinski definition) is 4. The zero-order chi connectivity index (χ0) is 43.9. The first kappa shape index (κ1) is 55.2. The highest BCUT2D eigenvalue weighted by atomic mass is 16.7. The van der Waals surface area contributed by atoms with E-state index in [1.165, 1.54) is 96.3 Å². The molecule has 0 aromatic heterocycles. The van der Waals surface area contributed by atoms with E-state index in [-0.39, 0.29) is 19.4 Å². The molecule has 1 aliphatic rings. The molecule has 0 aromatic rings. The van der Waals surface area contributed by atoms with Crippen molar-refractivity contribution in [3.05, 3.63) is 48.6 Å². The number of aliphatic hydroxyl groups excluding tert-OH is 3. The molecular formula is C49H84O11. The molecule has 0 saturated carbocycles. The van der Waals surface area contributed by atoms with E-state index in [1.807, 2.05) is 0 Å². The predicted molar refractivity (Wildman–Crippen MR) is 238 cm³/mol. The SMILES string of the molecule is CC/C=C\C/C=C\C/C=C\CCCCCC(=O)OCC(COC1OC(C(=O)O)C(O)C(O)C1O)OC(=O)CCCCCCCCCCC/C=C\CCCCCCCCCC. The molecule has 0 aromatic carbocycles. The minimum atomic E-state index is -1.87. The van der Waals surface area contributed by atoms with Gasteiger partial charge in [-0.25, -0.2) is 4.79 Å². The second-order valence-electron chi connectivity index (χ2n) is 16.2. The van der Waals surface area contributed by atoms with Crippen LogP contribution in [-0.4, -0.2) is 88.4 Å². The molecule has 1 rings (SSSR count). The number of unbranched alkanes of at least 4 members (excludes halogenated alkanes) is 20. The number of carbonyl (C=O) groups is 3. The summed E-state index contributed by atoms with van der Waals surface area (Å²) in [6.45, 7) is 3.67. The van der Waals surface area contributed by atoms with Crippen molar-refractivity contribution < 1.29 is 53.8 Å². The standard InChI is InChI=1S/C49H84O11/c1-3-5-7-9-11-13-15-17-18-19-20-21-22-23-24-26-28-30-32-34-36-38-43(51)59-41(40-58-49-46(54)44(52)45(53)47(60-49)48(55)56)39-57-42(50)37-35-33-31-29-27-25-16-14-12-10-8-6-4-2/h6,8,12,14,19-20,25,27,41,44-47,49,52-54H,3-5,7,9-11,13,15-18,21-24,26,28-40H2,1-2H3,(H,55,56)/b8-6-,14-12-,20-19-,27-25-. The van der Waals surface area contributed by atoms with Crippen LogP contribution in [-0.2, 0) is 33.3 Å². The van der Waals surface area contributed by atoms with Gasteiger partial charge in [0.1, 0.15) is 24.9 Å². The molecular weight excluding hydrogens is 765 g/mol. The zero-order valence-corrected chi connectivity index (χ0v) is 37.4. The quantitative estimate of drug-likeness (QED) is 0.0264. The van der Waals surface area contributed by atoms with Crippen molar-refractivity contribution in [2.45, 2.75) is 230 Å². The molecule has 60 heavy (non-hydrogen) atoms. The number of carboxylic acids is 1. The number of allylic oxidation sites excluding steroid dienone is 8. The molecule has 1 saturated heterocycles. The van der Waals surface area contributed by atoms with Gasteiger partial charge in [-0.05, 0) is 70.6 Å². The Morgan fingerprint density at radius 2 is 0.983 bits per heavy atom. The van der Waals surface area contributed by atoms with Gasteiger partial charge in [0.2, 0.25) is 0 Å². The van der Waals surface area contributed by atoms with Crippen molar-refractivity contribution >= 4 is 17.9 Å². The Labute approximate surface area is 363 Å². The molecule has 11 heteroatoms. The number of rotatable bonds is 39. The first-order valence-corrected chi connectivity index (χ1v) is 23.7. The number of aliphatic carboxylic acids is 1. The van der Waals surface area contributed by atoms with E-state index in [2.05, 4.69) is 62.5 Å². The topological polar surface area (TPSA) is 169 Å². The van der Waals surface area contributed by atoms with E-state index in [9.17, 15) is 34.8 Å². The van der Waals surface area contributed by atoms with E-state index >= 15 is 0 Å². The van der Waals surface area contributed by atoms with Gasteiger partial charge in [0.15, 0.2) is 18.5 Å². The van der Waals surface area contributed by atoms with Gasteiger partial charge >= 0.3 is 17.9 Å². The average Bonchev–Trinajstić information content (AvgIpc) is 3.23. The van der Waals surface area contributed by atoms with Gasteiger partial charge in [0, 0.05) is 12.8 Å². The fraction of sp³-hybridized carbons (Fsp3) is 0.776. The van der Waals surface area contributed by atoms with E-state index in [0.717, 1.165) is 57.8 Å².